The number of rotatable bonds is 8. The maximum absolute atomic E-state index is 5.70. The number of ether oxygens (including phenoxy) is 1. The summed E-state index contributed by atoms with van der Waals surface area (Å²) in [5.74, 6) is 2.58. The second kappa shape index (κ2) is 13.0. The summed E-state index contributed by atoms with van der Waals surface area (Å²) < 4.78 is 5.70. The molecule has 0 aliphatic carbocycles. The Hall–Kier alpha value is -1.28. The molecule has 0 amide bonds. The van der Waals surface area contributed by atoms with Gasteiger partial charge < -0.3 is 20.3 Å². The van der Waals surface area contributed by atoms with Crippen molar-refractivity contribution in [2.45, 2.75) is 26.3 Å². The second-order valence-corrected chi connectivity index (χ2v) is 6.58. The number of para-hydroxylation sites is 1. The normalized spacial score (nSPS) is 15.8. The molecule has 1 fully saturated rings. The summed E-state index contributed by atoms with van der Waals surface area (Å²) >= 11 is 0. The molecule has 1 saturated heterocycles. The van der Waals surface area contributed by atoms with Gasteiger partial charge in [-0.15, -0.1) is 24.0 Å². The van der Waals surface area contributed by atoms with E-state index in [1.807, 2.05) is 18.2 Å². The van der Waals surface area contributed by atoms with Crippen molar-refractivity contribution in [1.29, 1.82) is 0 Å². The zero-order valence-electron chi connectivity index (χ0n) is 16.0. The van der Waals surface area contributed by atoms with Crippen LogP contribution in [0, 0.1) is 5.92 Å². The van der Waals surface area contributed by atoms with Gasteiger partial charge in [-0.25, -0.2) is 0 Å². The molecule has 0 saturated carbocycles. The Labute approximate surface area is 175 Å². The maximum Gasteiger partial charge on any atom is 0.191 e. The van der Waals surface area contributed by atoms with E-state index in [4.69, 9.17) is 4.74 Å². The number of hydrogen-bond acceptors (Lipinski definition) is 3. The fourth-order valence-corrected chi connectivity index (χ4v) is 2.96. The summed E-state index contributed by atoms with van der Waals surface area (Å²) in [6, 6.07) is 8.04. The number of nitrogens with zero attached hydrogens (tertiary/aromatic N) is 2. The van der Waals surface area contributed by atoms with E-state index >= 15 is 0 Å². The van der Waals surface area contributed by atoms with Crippen molar-refractivity contribution in [1.82, 2.24) is 15.5 Å². The average Bonchev–Trinajstić information content (AvgIpc) is 2.65. The summed E-state index contributed by atoms with van der Waals surface area (Å²) in [6.07, 6.45) is 4.38. The van der Waals surface area contributed by atoms with Gasteiger partial charge >= 0.3 is 0 Å². The van der Waals surface area contributed by atoms with Crippen LogP contribution in [0.4, 0.5) is 0 Å². The van der Waals surface area contributed by atoms with Crippen LogP contribution < -0.4 is 15.4 Å². The first-order valence-electron chi connectivity index (χ1n) is 9.21. The van der Waals surface area contributed by atoms with Gasteiger partial charge in [0.1, 0.15) is 12.4 Å². The average molecular weight is 472 g/mol. The molecule has 1 aromatic carbocycles. The summed E-state index contributed by atoms with van der Waals surface area (Å²) in [4.78, 5) is 6.84. The number of guanidine groups is 1. The predicted octanol–water partition coefficient (Wildman–Crippen LogP) is 3.27. The van der Waals surface area contributed by atoms with Gasteiger partial charge in [-0.1, -0.05) is 37.8 Å². The Balaban J connectivity index is 0.00000338. The molecular weight excluding hydrogens is 439 g/mol. The lowest BCUT2D eigenvalue weighted by atomic mass is 9.99. The highest BCUT2D eigenvalue weighted by Crippen LogP contribution is 2.17. The fraction of sp³-hybridized carbons (Fsp3) is 0.550. The van der Waals surface area contributed by atoms with Crippen molar-refractivity contribution in [2.75, 3.05) is 39.8 Å². The van der Waals surface area contributed by atoms with Crippen molar-refractivity contribution in [2.24, 2.45) is 10.9 Å². The molecule has 0 radical (unpaired) electrons. The highest BCUT2D eigenvalue weighted by molar-refractivity contribution is 14.0. The topological polar surface area (TPSA) is 48.9 Å². The molecule has 1 heterocycles. The van der Waals surface area contributed by atoms with Crippen LogP contribution in [0.15, 0.2) is 41.9 Å². The monoisotopic (exact) mass is 472 g/mol. The van der Waals surface area contributed by atoms with Crippen LogP contribution in [-0.2, 0) is 6.54 Å². The standard InChI is InChI=1S/C20H32N4O.HI/c1-4-15-25-19-8-6-5-7-18(19)16-23-20(21-3)22-11-14-24-12-9-17(2)10-13-24;/h4-8,17H,1,9-16H2,2-3H3,(H2,21,22,23);1H. The minimum Gasteiger partial charge on any atom is -0.489 e. The Kier molecular flexibility index (Phi) is 11.4. The molecule has 0 bridgehead atoms. The number of halogens is 1. The van der Waals surface area contributed by atoms with Gasteiger partial charge in [0.05, 0.1) is 0 Å². The van der Waals surface area contributed by atoms with Crippen LogP contribution in [0.5, 0.6) is 5.75 Å². The van der Waals surface area contributed by atoms with Crippen LogP contribution in [0.25, 0.3) is 0 Å². The van der Waals surface area contributed by atoms with E-state index in [-0.39, 0.29) is 24.0 Å². The largest absolute Gasteiger partial charge is 0.489 e. The van der Waals surface area contributed by atoms with E-state index in [1.54, 1.807) is 13.1 Å². The van der Waals surface area contributed by atoms with Gasteiger partial charge in [-0.05, 0) is 37.9 Å². The fourth-order valence-electron chi connectivity index (χ4n) is 2.96. The molecule has 6 heteroatoms. The van der Waals surface area contributed by atoms with Crippen LogP contribution in [0.2, 0.25) is 0 Å². The summed E-state index contributed by atoms with van der Waals surface area (Å²) in [7, 11) is 1.80. The molecular formula is C20H33IN4O. The predicted molar refractivity (Wildman–Crippen MR) is 121 cm³/mol. The molecule has 1 aromatic rings. The molecule has 26 heavy (non-hydrogen) atoms. The third-order valence-corrected chi connectivity index (χ3v) is 4.60. The lowest BCUT2D eigenvalue weighted by Crippen LogP contribution is -2.43. The minimum atomic E-state index is 0. The molecule has 0 aromatic heterocycles. The molecule has 0 unspecified atom stereocenters. The van der Waals surface area contributed by atoms with E-state index in [0.717, 1.165) is 36.3 Å². The first-order chi connectivity index (χ1) is 12.2. The molecule has 2 N–H and O–H groups in total. The number of aliphatic imine (C=N–C) groups is 1. The molecule has 1 aliphatic rings. The number of piperidine rings is 1. The maximum atomic E-state index is 5.70. The Morgan fingerprint density at radius 2 is 2.04 bits per heavy atom. The quantitative estimate of drug-likeness (QED) is 0.264. The van der Waals surface area contributed by atoms with E-state index in [2.05, 4.69) is 40.1 Å². The van der Waals surface area contributed by atoms with Gasteiger partial charge in [0, 0.05) is 32.2 Å². The number of nitrogens with one attached hydrogen (secondary N) is 2. The van der Waals surface area contributed by atoms with E-state index < -0.39 is 0 Å². The molecule has 5 nitrogen and oxygen atoms in total. The minimum absolute atomic E-state index is 0. The second-order valence-electron chi connectivity index (χ2n) is 6.58. The third-order valence-electron chi connectivity index (χ3n) is 4.60. The Morgan fingerprint density at radius 3 is 2.73 bits per heavy atom. The number of benzene rings is 1. The van der Waals surface area contributed by atoms with Crippen LogP contribution >= 0.6 is 24.0 Å². The zero-order chi connectivity index (χ0) is 17.9. The van der Waals surface area contributed by atoms with Gasteiger partial charge in [0.25, 0.3) is 0 Å². The summed E-state index contributed by atoms with van der Waals surface area (Å²) in [6.45, 7) is 11.6. The molecule has 146 valence electrons. The Bertz CT molecular complexity index is 556. The van der Waals surface area contributed by atoms with Crippen molar-refractivity contribution < 1.29 is 4.74 Å². The van der Waals surface area contributed by atoms with Crippen LogP contribution in [0.1, 0.15) is 25.3 Å². The molecule has 0 atom stereocenters. The van der Waals surface area contributed by atoms with E-state index in [9.17, 15) is 0 Å². The van der Waals surface area contributed by atoms with Crippen molar-refractivity contribution in [3.63, 3.8) is 0 Å². The highest BCUT2D eigenvalue weighted by atomic mass is 127. The summed E-state index contributed by atoms with van der Waals surface area (Å²) in [5, 5.41) is 6.76. The lowest BCUT2D eigenvalue weighted by Gasteiger charge is -2.30. The SMILES string of the molecule is C=CCOc1ccccc1CNC(=NC)NCCN1CCC(C)CC1.I. The van der Waals surface area contributed by atoms with Crippen LogP contribution in [-0.4, -0.2) is 50.7 Å². The van der Waals surface area contributed by atoms with Crippen LogP contribution in [0.3, 0.4) is 0 Å². The number of hydrogen-bond donors (Lipinski definition) is 2. The first kappa shape index (κ1) is 22.8. The molecule has 1 aliphatic heterocycles. The number of likely N-dealkylation sites (tertiary alicyclic amines) is 1. The molecule has 0 spiro atoms. The van der Waals surface area contributed by atoms with Gasteiger partial charge in [0.2, 0.25) is 0 Å². The van der Waals surface area contributed by atoms with Crippen molar-refractivity contribution >= 4 is 29.9 Å². The summed E-state index contributed by atoms with van der Waals surface area (Å²) in [5.41, 5.74) is 1.11. The van der Waals surface area contributed by atoms with Gasteiger partial charge in [-0.3, -0.25) is 4.99 Å². The van der Waals surface area contributed by atoms with E-state index in [0.29, 0.717) is 13.2 Å². The Morgan fingerprint density at radius 1 is 1.31 bits per heavy atom. The van der Waals surface area contributed by atoms with Crippen molar-refractivity contribution in [3.8, 4) is 5.75 Å². The van der Waals surface area contributed by atoms with Gasteiger partial charge in [-0.2, -0.15) is 0 Å². The highest BCUT2D eigenvalue weighted by Gasteiger charge is 2.15. The first-order valence-corrected chi connectivity index (χ1v) is 9.21. The zero-order valence-corrected chi connectivity index (χ0v) is 18.4. The smallest absolute Gasteiger partial charge is 0.191 e. The third kappa shape index (κ3) is 7.95. The van der Waals surface area contributed by atoms with E-state index in [1.165, 1.54) is 25.9 Å². The lowest BCUT2D eigenvalue weighted by molar-refractivity contribution is 0.195. The van der Waals surface area contributed by atoms with Gasteiger partial charge in [0.15, 0.2) is 5.96 Å². The molecule has 2 rings (SSSR count). The van der Waals surface area contributed by atoms with Crippen molar-refractivity contribution in [3.05, 3.63) is 42.5 Å².